The van der Waals surface area contributed by atoms with Crippen molar-refractivity contribution in [2.24, 2.45) is 0 Å². The highest BCUT2D eigenvalue weighted by atomic mass is 16.6. The van der Waals surface area contributed by atoms with E-state index in [2.05, 4.69) is 9.97 Å². The summed E-state index contributed by atoms with van der Waals surface area (Å²) in [5.74, 6) is 0.552. The van der Waals surface area contributed by atoms with Crippen molar-refractivity contribution in [3.63, 3.8) is 0 Å². The van der Waals surface area contributed by atoms with Gasteiger partial charge in [-0.2, -0.15) is 0 Å². The summed E-state index contributed by atoms with van der Waals surface area (Å²) in [6, 6.07) is 11.4. The number of nitrogens with one attached hydrogen (secondary N) is 1. The molecule has 0 bridgehead atoms. The van der Waals surface area contributed by atoms with Crippen molar-refractivity contribution in [2.75, 3.05) is 6.61 Å². The molecule has 146 valence electrons. The van der Waals surface area contributed by atoms with Gasteiger partial charge in [-0.05, 0) is 43.7 Å². The normalized spacial score (nSPS) is 11.0. The number of nitro benzene ring substituents is 1. The Morgan fingerprint density at radius 2 is 1.90 bits per heavy atom. The Labute approximate surface area is 165 Å². The van der Waals surface area contributed by atoms with E-state index < -0.39 is 10.9 Å². The van der Waals surface area contributed by atoms with Crippen LogP contribution < -0.4 is 4.74 Å². The van der Waals surface area contributed by atoms with E-state index >= 15 is 0 Å². The summed E-state index contributed by atoms with van der Waals surface area (Å²) in [6.45, 7) is 3.82. The van der Waals surface area contributed by atoms with Gasteiger partial charge in [0.1, 0.15) is 11.5 Å². The van der Waals surface area contributed by atoms with E-state index in [-0.39, 0.29) is 18.0 Å². The monoisotopic (exact) mass is 391 g/mol. The van der Waals surface area contributed by atoms with Crippen LogP contribution in [0.3, 0.4) is 0 Å². The van der Waals surface area contributed by atoms with Crippen molar-refractivity contribution >= 4 is 33.5 Å². The molecule has 4 aromatic rings. The Morgan fingerprint density at radius 3 is 2.59 bits per heavy atom. The standard InChI is InChI=1S/C21H17N3O5/c1-3-28-21(25)20-12(2)18-16(11-22-20)23-15-5-4-6-17(19(15)18)29-14-9-7-13(8-10-14)24(26)27/h4-11,23H,3H2,1-2H3. The largest absolute Gasteiger partial charge is 0.461 e. The number of carbonyl (C=O) groups excluding carboxylic acids is 1. The number of aryl methyl sites for hydroxylation is 1. The molecule has 8 heteroatoms. The maximum atomic E-state index is 12.2. The van der Waals surface area contributed by atoms with Crippen molar-refractivity contribution < 1.29 is 19.2 Å². The van der Waals surface area contributed by atoms with Crippen molar-refractivity contribution in [2.45, 2.75) is 13.8 Å². The van der Waals surface area contributed by atoms with Gasteiger partial charge >= 0.3 is 5.97 Å². The van der Waals surface area contributed by atoms with Gasteiger partial charge in [-0.15, -0.1) is 0 Å². The van der Waals surface area contributed by atoms with Gasteiger partial charge in [0, 0.05) is 17.5 Å². The van der Waals surface area contributed by atoms with Crippen LogP contribution in [0, 0.1) is 17.0 Å². The third kappa shape index (κ3) is 3.25. The van der Waals surface area contributed by atoms with Crippen LogP contribution in [0.5, 0.6) is 11.5 Å². The van der Waals surface area contributed by atoms with Crippen molar-refractivity contribution in [3.05, 3.63) is 70.0 Å². The lowest BCUT2D eigenvalue weighted by atomic mass is 10.1. The minimum Gasteiger partial charge on any atom is -0.461 e. The molecular formula is C21H17N3O5. The summed E-state index contributed by atoms with van der Waals surface area (Å²) in [7, 11) is 0. The molecule has 0 saturated heterocycles. The molecule has 8 nitrogen and oxygen atoms in total. The molecule has 2 aromatic heterocycles. The third-order valence-corrected chi connectivity index (χ3v) is 4.61. The number of aromatic amines is 1. The number of ether oxygens (including phenoxy) is 2. The second-order valence-electron chi connectivity index (χ2n) is 6.40. The molecule has 2 aromatic carbocycles. The molecular weight excluding hydrogens is 374 g/mol. The SMILES string of the molecule is CCOC(=O)c1ncc2[nH]c3cccc(Oc4ccc([N+](=O)[O-])cc4)c3c2c1C. The summed E-state index contributed by atoms with van der Waals surface area (Å²) in [6.07, 6.45) is 1.60. The predicted molar refractivity (Wildman–Crippen MR) is 107 cm³/mol. The number of aromatic nitrogens is 2. The highest BCUT2D eigenvalue weighted by Gasteiger charge is 2.19. The number of hydrogen-bond donors (Lipinski definition) is 1. The van der Waals surface area contributed by atoms with E-state index in [4.69, 9.17) is 9.47 Å². The Kier molecular flexibility index (Phi) is 4.59. The molecule has 29 heavy (non-hydrogen) atoms. The number of esters is 1. The summed E-state index contributed by atoms with van der Waals surface area (Å²) in [5, 5.41) is 12.5. The summed E-state index contributed by atoms with van der Waals surface area (Å²) in [4.78, 5) is 30.2. The predicted octanol–water partition coefficient (Wildman–Crippen LogP) is 4.90. The van der Waals surface area contributed by atoms with Gasteiger partial charge in [-0.25, -0.2) is 9.78 Å². The van der Waals surface area contributed by atoms with Gasteiger partial charge in [0.2, 0.25) is 0 Å². The van der Waals surface area contributed by atoms with E-state index in [0.717, 1.165) is 21.8 Å². The fourth-order valence-corrected chi connectivity index (χ4v) is 3.32. The minimum atomic E-state index is -0.477. The van der Waals surface area contributed by atoms with Crippen LogP contribution in [0.15, 0.2) is 48.7 Å². The van der Waals surface area contributed by atoms with E-state index in [0.29, 0.717) is 17.1 Å². The van der Waals surface area contributed by atoms with Crippen LogP contribution in [-0.4, -0.2) is 27.5 Å². The van der Waals surface area contributed by atoms with Crippen LogP contribution >= 0.6 is 0 Å². The molecule has 1 N–H and O–H groups in total. The number of H-pyrrole nitrogens is 1. The van der Waals surface area contributed by atoms with Gasteiger partial charge in [-0.1, -0.05) is 6.07 Å². The second kappa shape index (κ2) is 7.23. The zero-order chi connectivity index (χ0) is 20.5. The average molecular weight is 391 g/mol. The number of hydrogen-bond acceptors (Lipinski definition) is 6. The lowest BCUT2D eigenvalue weighted by Crippen LogP contribution is -2.09. The number of non-ortho nitro benzene ring substituents is 1. The molecule has 0 atom stereocenters. The number of benzene rings is 2. The minimum absolute atomic E-state index is 0.0105. The Balaban J connectivity index is 1.85. The van der Waals surface area contributed by atoms with Crippen LogP contribution in [-0.2, 0) is 4.74 Å². The number of nitrogens with zero attached hydrogens (tertiary/aromatic N) is 2. The number of carbonyl (C=O) groups is 1. The molecule has 0 aliphatic carbocycles. The molecule has 0 unspecified atom stereocenters. The lowest BCUT2D eigenvalue weighted by molar-refractivity contribution is -0.384. The fourth-order valence-electron chi connectivity index (χ4n) is 3.32. The highest BCUT2D eigenvalue weighted by Crippen LogP contribution is 2.37. The second-order valence-corrected chi connectivity index (χ2v) is 6.40. The quantitative estimate of drug-likeness (QED) is 0.294. The van der Waals surface area contributed by atoms with Crippen molar-refractivity contribution in [3.8, 4) is 11.5 Å². The van der Waals surface area contributed by atoms with Gasteiger partial charge < -0.3 is 14.5 Å². The first kappa shape index (κ1) is 18.4. The van der Waals surface area contributed by atoms with Crippen LogP contribution in [0.1, 0.15) is 23.0 Å². The van der Waals surface area contributed by atoms with Gasteiger partial charge in [0.15, 0.2) is 5.69 Å². The first-order chi connectivity index (χ1) is 14.0. The summed E-state index contributed by atoms with van der Waals surface area (Å²) in [5.41, 5.74) is 2.52. The molecule has 2 heterocycles. The molecule has 0 aliphatic heterocycles. The first-order valence-corrected chi connectivity index (χ1v) is 8.99. The summed E-state index contributed by atoms with van der Waals surface area (Å²) >= 11 is 0. The Morgan fingerprint density at radius 1 is 1.14 bits per heavy atom. The van der Waals surface area contributed by atoms with E-state index in [1.165, 1.54) is 12.1 Å². The van der Waals surface area contributed by atoms with Gasteiger partial charge in [0.25, 0.3) is 5.69 Å². The molecule has 0 amide bonds. The molecule has 4 rings (SSSR count). The molecule has 0 aliphatic rings. The molecule has 0 radical (unpaired) electrons. The summed E-state index contributed by atoms with van der Waals surface area (Å²) < 4.78 is 11.1. The smallest absolute Gasteiger partial charge is 0.357 e. The van der Waals surface area contributed by atoms with Gasteiger partial charge in [-0.3, -0.25) is 10.1 Å². The van der Waals surface area contributed by atoms with Crippen LogP contribution in [0.25, 0.3) is 21.8 Å². The molecule has 0 spiro atoms. The topological polar surface area (TPSA) is 107 Å². The number of pyridine rings is 1. The molecule has 0 fully saturated rings. The lowest BCUT2D eigenvalue weighted by Gasteiger charge is -2.09. The first-order valence-electron chi connectivity index (χ1n) is 8.99. The highest BCUT2D eigenvalue weighted by molar-refractivity contribution is 6.13. The van der Waals surface area contributed by atoms with E-state index in [1.807, 2.05) is 19.1 Å². The number of rotatable bonds is 5. The number of fused-ring (bicyclic) bond motifs is 3. The zero-order valence-corrected chi connectivity index (χ0v) is 15.8. The maximum Gasteiger partial charge on any atom is 0.357 e. The van der Waals surface area contributed by atoms with Crippen LogP contribution in [0.2, 0.25) is 0 Å². The van der Waals surface area contributed by atoms with Crippen molar-refractivity contribution in [1.29, 1.82) is 0 Å². The van der Waals surface area contributed by atoms with Crippen molar-refractivity contribution in [1.82, 2.24) is 9.97 Å². The Hall–Kier alpha value is -3.94. The van der Waals surface area contributed by atoms with E-state index in [1.54, 1.807) is 31.3 Å². The molecule has 0 saturated carbocycles. The fraction of sp³-hybridized carbons (Fsp3) is 0.143. The van der Waals surface area contributed by atoms with Crippen LogP contribution in [0.4, 0.5) is 5.69 Å². The van der Waals surface area contributed by atoms with E-state index in [9.17, 15) is 14.9 Å². The van der Waals surface area contributed by atoms with Gasteiger partial charge in [0.05, 0.1) is 34.1 Å². The Bertz CT molecular complexity index is 1240. The third-order valence-electron chi connectivity index (χ3n) is 4.61. The number of nitro groups is 1. The zero-order valence-electron chi connectivity index (χ0n) is 15.8. The average Bonchev–Trinajstić information content (AvgIpc) is 3.09. The maximum absolute atomic E-state index is 12.2.